The fourth-order valence-electron chi connectivity index (χ4n) is 4.01. The van der Waals surface area contributed by atoms with Crippen LogP contribution in [0.1, 0.15) is 53.2 Å². The molecule has 0 spiro atoms. The van der Waals surface area contributed by atoms with Gasteiger partial charge in [-0.05, 0) is 61.3 Å². The molecule has 0 amide bonds. The molecule has 27 heavy (non-hydrogen) atoms. The molecule has 4 rings (SSSR count). The second kappa shape index (κ2) is 7.58. The van der Waals surface area contributed by atoms with E-state index < -0.39 is 0 Å². The molecular formula is C22H22N2O2S. The van der Waals surface area contributed by atoms with Gasteiger partial charge in [0.25, 0.3) is 0 Å². The Labute approximate surface area is 163 Å². The Bertz CT molecular complexity index is 934. The molecule has 2 aromatic rings. The summed E-state index contributed by atoms with van der Waals surface area (Å²) in [7, 11) is 1.65. The standard InChI is InChI=1S/C22H22N2O2S/c1-26-18-8-6-14(7-9-18)15-10-16(12-17(25)11-15)24-22-20(13-23)19-4-2-3-5-21(19)27-22/h6-9,12,15,24H,2-5,10-11H2,1H3/t15-/m1/s1. The zero-order chi connectivity index (χ0) is 18.8. The van der Waals surface area contributed by atoms with E-state index in [1.807, 2.05) is 24.3 Å². The lowest BCUT2D eigenvalue weighted by Crippen LogP contribution is -2.16. The van der Waals surface area contributed by atoms with Crippen LogP contribution in [0.25, 0.3) is 0 Å². The number of hydrogen-bond donors (Lipinski definition) is 1. The van der Waals surface area contributed by atoms with Crippen LogP contribution in [-0.4, -0.2) is 12.9 Å². The minimum absolute atomic E-state index is 0.129. The summed E-state index contributed by atoms with van der Waals surface area (Å²) in [5.74, 6) is 1.10. The molecule has 1 N–H and O–H groups in total. The highest BCUT2D eigenvalue weighted by molar-refractivity contribution is 7.16. The first-order valence-corrected chi connectivity index (χ1v) is 10.2. The van der Waals surface area contributed by atoms with Crippen molar-refractivity contribution in [2.45, 2.75) is 44.4 Å². The van der Waals surface area contributed by atoms with Gasteiger partial charge in [0.1, 0.15) is 16.8 Å². The van der Waals surface area contributed by atoms with Gasteiger partial charge in [-0.3, -0.25) is 4.79 Å². The lowest BCUT2D eigenvalue weighted by atomic mass is 9.85. The second-order valence-electron chi connectivity index (χ2n) is 7.17. The Morgan fingerprint density at radius 3 is 2.70 bits per heavy atom. The maximum Gasteiger partial charge on any atom is 0.158 e. The number of allylic oxidation sites excluding steroid dienone is 2. The highest BCUT2D eigenvalue weighted by atomic mass is 32.1. The van der Waals surface area contributed by atoms with Crippen LogP contribution in [0, 0.1) is 11.3 Å². The number of carbonyl (C=O) groups is 1. The summed E-state index contributed by atoms with van der Waals surface area (Å²) in [5.41, 5.74) is 4.03. The van der Waals surface area contributed by atoms with E-state index in [2.05, 4.69) is 11.4 Å². The SMILES string of the molecule is COc1ccc([C@H]2CC(=O)C=C(Nc3sc4c(c3C#N)CCCC4)C2)cc1. The zero-order valence-electron chi connectivity index (χ0n) is 15.4. The van der Waals surface area contributed by atoms with Crippen molar-refractivity contribution < 1.29 is 9.53 Å². The number of fused-ring (bicyclic) bond motifs is 1. The van der Waals surface area contributed by atoms with Crippen LogP contribution >= 0.6 is 11.3 Å². The highest BCUT2D eigenvalue weighted by Gasteiger charge is 2.25. The molecule has 0 bridgehead atoms. The third kappa shape index (κ3) is 3.63. The monoisotopic (exact) mass is 378 g/mol. The second-order valence-corrected chi connectivity index (χ2v) is 8.27. The molecule has 0 saturated heterocycles. The van der Waals surface area contributed by atoms with Gasteiger partial charge in [-0.1, -0.05) is 12.1 Å². The minimum atomic E-state index is 0.129. The van der Waals surface area contributed by atoms with Crippen molar-refractivity contribution in [1.29, 1.82) is 5.26 Å². The first-order chi connectivity index (χ1) is 13.2. The average Bonchev–Trinajstić information content (AvgIpc) is 3.04. The molecule has 0 aliphatic heterocycles. The number of ether oxygens (including phenoxy) is 1. The summed E-state index contributed by atoms with van der Waals surface area (Å²) in [6, 6.07) is 10.3. The molecule has 138 valence electrons. The van der Waals surface area contributed by atoms with Gasteiger partial charge in [0, 0.05) is 23.1 Å². The normalized spacial score (nSPS) is 19.0. The Morgan fingerprint density at radius 1 is 1.19 bits per heavy atom. The van der Waals surface area contributed by atoms with Crippen LogP contribution in [0.3, 0.4) is 0 Å². The highest BCUT2D eigenvalue weighted by Crippen LogP contribution is 2.40. The van der Waals surface area contributed by atoms with E-state index in [1.165, 1.54) is 16.9 Å². The summed E-state index contributed by atoms with van der Waals surface area (Å²) in [5, 5.41) is 14.0. The van der Waals surface area contributed by atoms with Gasteiger partial charge < -0.3 is 10.1 Å². The van der Waals surface area contributed by atoms with Gasteiger partial charge in [-0.25, -0.2) is 0 Å². The molecule has 2 aliphatic carbocycles. The van der Waals surface area contributed by atoms with Crippen LogP contribution in [0.4, 0.5) is 5.00 Å². The van der Waals surface area contributed by atoms with E-state index in [0.717, 1.165) is 53.3 Å². The van der Waals surface area contributed by atoms with Crippen LogP contribution in [0.5, 0.6) is 5.75 Å². The number of ketones is 1. The summed E-state index contributed by atoms with van der Waals surface area (Å²) < 4.78 is 5.22. The van der Waals surface area contributed by atoms with Gasteiger partial charge in [-0.15, -0.1) is 11.3 Å². The summed E-state index contributed by atoms with van der Waals surface area (Å²) in [6.45, 7) is 0. The molecule has 5 heteroatoms. The van der Waals surface area contributed by atoms with E-state index in [1.54, 1.807) is 24.5 Å². The summed E-state index contributed by atoms with van der Waals surface area (Å²) in [6.07, 6.45) is 7.39. The molecule has 0 saturated carbocycles. The molecule has 1 aromatic heterocycles. The number of carbonyl (C=O) groups excluding carboxylic acids is 1. The number of nitrogens with one attached hydrogen (secondary N) is 1. The fraction of sp³-hybridized carbons (Fsp3) is 0.364. The van der Waals surface area contributed by atoms with E-state index in [9.17, 15) is 10.1 Å². The topological polar surface area (TPSA) is 62.1 Å². The number of hydrogen-bond acceptors (Lipinski definition) is 5. The first kappa shape index (κ1) is 17.8. The molecule has 0 unspecified atom stereocenters. The largest absolute Gasteiger partial charge is 0.497 e. The maximum absolute atomic E-state index is 12.3. The third-order valence-electron chi connectivity index (χ3n) is 5.39. The summed E-state index contributed by atoms with van der Waals surface area (Å²) in [4.78, 5) is 13.6. The van der Waals surface area contributed by atoms with E-state index in [0.29, 0.717) is 6.42 Å². The van der Waals surface area contributed by atoms with Crippen molar-refractivity contribution >= 4 is 22.1 Å². The molecule has 0 fully saturated rings. The third-order valence-corrected chi connectivity index (χ3v) is 6.60. The number of nitrogens with zero attached hydrogens (tertiary/aromatic N) is 1. The van der Waals surface area contributed by atoms with Crippen LogP contribution in [0.2, 0.25) is 0 Å². The molecule has 4 nitrogen and oxygen atoms in total. The van der Waals surface area contributed by atoms with Crippen LogP contribution in [0.15, 0.2) is 36.0 Å². The molecular weight excluding hydrogens is 356 g/mol. The van der Waals surface area contributed by atoms with E-state index in [4.69, 9.17) is 4.74 Å². The number of rotatable bonds is 4. The van der Waals surface area contributed by atoms with Gasteiger partial charge in [-0.2, -0.15) is 5.26 Å². The van der Waals surface area contributed by atoms with Crippen molar-refractivity contribution in [2.24, 2.45) is 0 Å². The Hall–Kier alpha value is -2.58. The predicted molar refractivity (Wildman–Crippen MR) is 107 cm³/mol. The van der Waals surface area contributed by atoms with Crippen LogP contribution in [-0.2, 0) is 17.6 Å². The van der Waals surface area contributed by atoms with Crippen molar-refractivity contribution in [3.8, 4) is 11.8 Å². The number of benzene rings is 1. The predicted octanol–water partition coefficient (Wildman–Crippen LogP) is 4.95. The molecule has 0 radical (unpaired) electrons. The van der Waals surface area contributed by atoms with Crippen molar-refractivity contribution in [1.82, 2.24) is 0 Å². The fourth-order valence-corrected chi connectivity index (χ4v) is 5.28. The van der Waals surface area contributed by atoms with Crippen LogP contribution < -0.4 is 10.1 Å². The Morgan fingerprint density at radius 2 is 1.96 bits per heavy atom. The van der Waals surface area contributed by atoms with Gasteiger partial charge in [0.05, 0.1) is 12.7 Å². The molecule has 1 aromatic carbocycles. The quantitative estimate of drug-likeness (QED) is 0.818. The average molecular weight is 378 g/mol. The lowest BCUT2D eigenvalue weighted by molar-refractivity contribution is -0.115. The van der Waals surface area contributed by atoms with Crippen molar-refractivity contribution in [3.63, 3.8) is 0 Å². The van der Waals surface area contributed by atoms with Gasteiger partial charge in [0.15, 0.2) is 5.78 Å². The van der Waals surface area contributed by atoms with Gasteiger partial charge in [0.2, 0.25) is 0 Å². The number of thiophene rings is 1. The van der Waals surface area contributed by atoms with Crippen molar-refractivity contribution in [3.05, 3.63) is 57.6 Å². The molecule has 1 atom stereocenters. The Kier molecular flexibility index (Phi) is 5.00. The smallest absolute Gasteiger partial charge is 0.158 e. The van der Waals surface area contributed by atoms with Crippen molar-refractivity contribution in [2.75, 3.05) is 12.4 Å². The minimum Gasteiger partial charge on any atom is -0.497 e. The number of aryl methyl sites for hydroxylation is 1. The van der Waals surface area contributed by atoms with E-state index >= 15 is 0 Å². The maximum atomic E-state index is 12.3. The lowest BCUT2D eigenvalue weighted by Gasteiger charge is -2.23. The number of methoxy groups -OCH3 is 1. The first-order valence-electron chi connectivity index (χ1n) is 9.37. The van der Waals surface area contributed by atoms with E-state index in [-0.39, 0.29) is 11.7 Å². The Balaban J connectivity index is 1.56. The number of anilines is 1. The number of nitriles is 1. The summed E-state index contributed by atoms with van der Waals surface area (Å²) >= 11 is 1.68. The van der Waals surface area contributed by atoms with Gasteiger partial charge >= 0.3 is 0 Å². The molecule has 1 heterocycles. The molecule has 2 aliphatic rings. The zero-order valence-corrected chi connectivity index (χ0v) is 16.2.